The minimum absolute atomic E-state index is 0.0567. The third-order valence-corrected chi connectivity index (χ3v) is 3.55. The molecule has 1 aromatic carbocycles. The summed E-state index contributed by atoms with van der Waals surface area (Å²) in [5, 5.41) is 3.05. The van der Waals surface area contributed by atoms with E-state index in [1.54, 1.807) is 0 Å². The van der Waals surface area contributed by atoms with E-state index in [-0.39, 0.29) is 22.3 Å². The van der Waals surface area contributed by atoms with Crippen molar-refractivity contribution in [2.75, 3.05) is 25.5 Å². The van der Waals surface area contributed by atoms with Crippen LogP contribution in [0, 0.1) is 11.6 Å². The SMILES string of the molecule is CN1CCCC(Nc2ccc(C(N)=S)c(F)c2F)C1. The predicted octanol–water partition coefficient (Wildman–Crippen LogP) is 2.11. The molecule has 1 saturated heterocycles. The van der Waals surface area contributed by atoms with Crippen LogP contribution in [0.1, 0.15) is 18.4 Å². The van der Waals surface area contributed by atoms with Gasteiger partial charge in [0.1, 0.15) is 4.99 Å². The number of hydrogen-bond donors (Lipinski definition) is 2. The van der Waals surface area contributed by atoms with Crippen LogP contribution in [0.25, 0.3) is 0 Å². The Labute approximate surface area is 116 Å². The van der Waals surface area contributed by atoms with Crippen molar-refractivity contribution in [3.63, 3.8) is 0 Å². The van der Waals surface area contributed by atoms with Gasteiger partial charge in [0.15, 0.2) is 11.6 Å². The molecule has 3 N–H and O–H groups in total. The molecule has 104 valence electrons. The van der Waals surface area contributed by atoms with E-state index < -0.39 is 11.6 Å². The van der Waals surface area contributed by atoms with E-state index in [0.29, 0.717) is 0 Å². The fraction of sp³-hybridized carbons (Fsp3) is 0.462. The van der Waals surface area contributed by atoms with Crippen molar-refractivity contribution in [3.05, 3.63) is 29.3 Å². The first-order valence-corrected chi connectivity index (χ1v) is 6.62. The summed E-state index contributed by atoms with van der Waals surface area (Å²) in [5.74, 6) is -1.90. The lowest BCUT2D eigenvalue weighted by Crippen LogP contribution is -2.40. The Kier molecular flexibility index (Phi) is 4.31. The molecule has 3 nitrogen and oxygen atoms in total. The minimum Gasteiger partial charge on any atom is -0.389 e. The number of likely N-dealkylation sites (N-methyl/N-ethyl adjacent to an activating group) is 1. The van der Waals surface area contributed by atoms with E-state index in [4.69, 9.17) is 5.73 Å². The summed E-state index contributed by atoms with van der Waals surface area (Å²) in [7, 11) is 2.01. The van der Waals surface area contributed by atoms with Gasteiger partial charge in [-0.15, -0.1) is 0 Å². The lowest BCUT2D eigenvalue weighted by molar-refractivity contribution is 0.260. The van der Waals surface area contributed by atoms with E-state index in [1.807, 2.05) is 7.05 Å². The highest BCUT2D eigenvalue weighted by Gasteiger charge is 2.20. The second-order valence-corrected chi connectivity index (χ2v) is 5.34. The first-order chi connectivity index (χ1) is 8.99. The van der Waals surface area contributed by atoms with Gasteiger partial charge < -0.3 is 16.0 Å². The lowest BCUT2D eigenvalue weighted by Gasteiger charge is -2.31. The fourth-order valence-corrected chi connectivity index (χ4v) is 2.51. The van der Waals surface area contributed by atoms with Crippen LogP contribution in [0.15, 0.2) is 12.1 Å². The highest BCUT2D eigenvalue weighted by molar-refractivity contribution is 7.80. The van der Waals surface area contributed by atoms with Gasteiger partial charge in [-0.3, -0.25) is 0 Å². The van der Waals surface area contributed by atoms with Gasteiger partial charge in [-0.05, 0) is 38.6 Å². The van der Waals surface area contributed by atoms with Crippen LogP contribution in [0.5, 0.6) is 0 Å². The van der Waals surface area contributed by atoms with E-state index in [0.717, 1.165) is 25.9 Å². The molecule has 6 heteroatoms. The van der Waals surface area contributed by atoms with Crippen LogP contribution < -0.4 is 11.1 Å². The zero-order valence-electron chi connectivity index (χ0n) is 10.7. The predicted molar refractivity (Wildman–Crippen MR) is 76.4 cm³/mol. The van der Waals surface area contributed by atoms with Gasteiger partial charge in [-0.25, -0.2) is 8.78 Å². The highest BCUT2D eigenvalue weighted by Crippen LogP contribution is 2.23. The number of thiocarbonyl (C=S) groups is 1. The Morgan fingerprint density at radius 1 is 1.42 bits per heavy atom. The van der Waals surface area contributed by atoms with Crippen molar-refractivity contribution in [1.29, 1.82) is 0 Å². The van der Waals surface area contributed by atoms with Crippen LogP contribution >= 0.6 is 12.2 Å². The number of nitrogens with one attached hydrogen (secondary N) is 1. The van der Waals surface area contributed by atoms with Crippen molar-refractivity contribution in [3.8, 4) is 0 Å². The molecule has 1 aliphatic heterocycles. The van der Waals surface area contributed by atoms with Gasteiger partial charge in [-0.2, -0.15) is 0 Å². The Bertz CT molecular complexity index is 493. The number of hydrogen-bond acceptors (Lipinski definition) is 3. The molecular weight excluding hydrogens is 268 g/mol. The van der Waals surface area contributed by atoms with Gasteiger partial charge in [0.2, 0.25) is 0 Å². The van der Waals surface area contributed by atoms with Crippen LogP contribution in [0.2, 0.25) is 0 Å². The maximum atomic E-state index is 13.9. The molecule has 1 unspecified atom stereocenters. The topological polar surface area (TPSA) is 41.3 Å². The summed E-state index contributed by atoms with van der Waals surface area (Å²) >= 11 is 4.67. The molecule has 0 radical (unpaired) electrons. The number of nitrogens with zero attached hydrogens (tertiary/aromatic N) is 1. The minimum atomic E-state index is -0.985. The summed E-state index contributed by atoms with van der Waals surface area (Å²) in [6.45, 7) is 1.85. The Morgan fingerprint density at radius 2 is 2.16 bits per heavy atom. The molecule has 0 bridgehead atoms. The van der Waals surface area contributed by atoms with E-state index in [9.17, 15) is 8.78 Å². The molecule has 1 aliphatic rings. The molecule has 1 fully saturated rings. The average molecular weight is 285 g/mol. The van der Waals surface area contributed by atoms with E-state index in [1.165, 1.54) is 12.1 Å². The lowest BCUT2D eigenvalue weighted by atomic mass is 10.1. The van der Waals surface area contributed by atoms with Gasteiger partial charge in [-0.1, -0.05) is 12.2 Å². The van der Waals surface area contributed by atoms with Crippen LogP contribution in [-0.2, 0) is 0 Å². The first-order valence-electron chi connectivity index (χ1n) is 6.22. The number of anilines is 1. The normalized spacial score (nSPS) is 20.3. The standard InChI is InChI=1S/C13H17F2N3S/c1-18-6-2-3-8(7-18)17-10-5-4-9(13(16)19)11(14)12(10)15/h4-5,8,17H,2-3,6-7H2,1H3,(H2,16,19). The largest absolute Gasteiger partial charge is 0.389 e. The van der Waals surface area contributed by atoms with Crippen molar-refractivity contribution in [1.82, 2.24) is 4.90 Å². The van der Waals surface area contributed by atoms with Crippen molar-refractivity contribution in [2.24, 2.45) is 5.73 Å². The van der Waals surface area contributed by atoms with Gasteiger partial charge >= 0.3 is 0 Å². The Balaban J connectivity index is 2.17. The molecule has 0 aromatic heterocycles. The molecule has 19 heavy (non-hydrogen) atoms. The number of halogens is 2. The van der Waals surface area contributed by atoms with Gasteiger partial charge in [0.25, 0.3) is 0 Å². The van der Waals surface area contributed by atoms with Gasteiger partial charge in [0, 0.05) is 18.2 Å². The number of benzene rings is 1. The summed E-state index contributed by atoms with van der Waals surface area (Å²) in [6, 6.07) is 3.03. The molecule has 1 aromatic rings. The van der Waals surface area contributed by atoms with Crippen molar-refractivity contribution >= 4 is 22.9 Å². The maximum absolute atomic E-state index is 13.9. The van der Waals surface area contributed by atoms with E-state index >= 15 is 0 Å². The number of nitrogens with two attached hydrogens (primary N) is 1. The summed E-state index contributed by atoms with van der Waals surface area (Å²) < 4.78 is 27.7. The monoisotopic (exact) mass is 285 g/mol. The quantitative estimate of drug-likeness (QED) is 0.835. The summed E-state index contributed by atoms with van der Waals surface area (Å²) in [4.78, 5) is 2.03. The second kappa shape index (κ2) is 5.79. The Morgan fingerprint density at radius 3 is 2.79 bits per heavy atom. The third kappa shape index (κ3) is 3.19. The number of rotatable bonds is 3. The van der Waals surface area contributed by atoms with Crippen molar-refractivity contribution < 1.29 is 8.78 Å². The van der Waals surface area contributed by atoms with Crippen molar-refractivity contribution in [2.45, 2.75) is 18.9 Å². The molecule has 0 amide bonds. The Hall–Kier alpha value is -1.27. The highest BCUT2D eigenvalue weighted by atomic mass is 32.1. The second-order valence-electron chi connectivity index (χ2n) is 4.90. The first kappa shape index (κ1) is 14.1. The number of piperidine rings is 1. The zero-order valence-corrected chi connectivity index (χ0v) is 11.6. The van der Waals surface area contributed by atoms with Gasteiger partial charge in [0.05, 0.1) is 5.69 Å². The molecule has 0 spiro atoms. The molecular formula is C13H17F2N3S. The van der Waals surface area contributed by atoms with E-state index in [2.05, 4.69) is 22.4 Å². The molecule has 0 aliphatic carbocycles. The molecule has 2 rings (SSSR count). The third-order valence-electron chi connectivity index (χ3n) is 3.33. The zero-order chi connectivity index (χ0) is 14.0. The van der Waals surface area contributed by atoms with Crippen LogP contribution in [-0.4, -0.2) is 36.1 Å². The average Bonchev–Trinajstić information content (AvgIpc) is 2.35. The molecule has 1 heterocycles. The van der Waals surface area contributed by atoms with Crippen LogP contribution in [0.3, 0.4) is 0 Å². The molecule has 1 atom stereocenters. The fourth-order valence-electron chi connectivity index (χ4n) is 2.36. The smallest absolute Gasteiger partial charge is 0.182 e. The molecule has 0 saturated carbocycles. The number of likely N-dealkylation sites (tertiary alicyclic amines) is 1. The van der Waals surface area contributed by atoms with Crippen LogP contribution in [0.4, 0.5) is 14.5 Å². The summed E-state index contributed by atoms with van der Waals surface area (Å²) in [5.41, 5.74) is 5.44. The maximum Gasteiger partial charge on any atom is 0.182 e. The summed E-state index contributed by atoms with van der Waals surface area (Å²) in [6.07, 6.45) is 1.99.